The lowest BCUT2D eigenvalue weighted by molar-refractivity contribution is -0.384. The quantitative estimate of drug-likeness (QED) is 0.550. The minimum Gasteiger partial charge on any atom is -0.465 e. The SMILES string of the molecule is CN1CCN(C2CCN(c3cc(N(C)C(=O)O)c([N+](=O)[O-])cc3Br)CC2)CC1. The molecule has 2 saturated heterocycles. The van der Waals surface area contributed by atoms with Crippen LogP contribution in [0.15, 0.2) is 16.6 Å². The standard InChI is InChI=1S/C18H26BrN5O4/c1-20-7-9-22(10-8-20)13-3-5-23(6-4-13)15-12-16(21(2)18(25)26)17(24(27)28)11-14(15)19/h11-13H,3-10H2,1-2H3,(H,25,26). The molecule has 0 bridgehead atoms. The molecule has 0 unspecified atom stereocenters. The average molecular weight is 456 g/mol. The van der Waals surface area contributed by atoms with Gasteiger partial charge in [0, 0.05) is 62.9 Å². The first kappa shape index (κ1) is 20.8. The second-order valence-corrected chi connectivity index (χ2v) is 8.30. The van der Waals surface area contributed by atoms with Gasteiger partial charge in [0.2, 0.25) is 0 Å². The van der Waals surface area contributed by atoms with E-state index in [9.17, 15) is 20.0 Å². The number of nitrogens with zero attached hydrogens (tertiary/aromatic N) is 5. The third-order valence-electron chi connectivity index (χ3n) is 5.75. The van der Waals surface area contributed by atoms with Crippen LogP contribution in [-0.4, -0.2) is 85.3 Å². The van der Waals surface area contributed by atoms with Crippen molar-refractivity contribution < 1.29 is 14.8 Å². The first-order chi connectivity index (χ1) is 13.3. The Morgan fingerprint density at radius 1 is 1.21 bits per heavy atom. The Morgan fingerprint density at radius 3 is 2.36 bits per heavy atom. The molecule has 2 heterocycles. The Morgan fingerprint density at radius 2 is 1.82 bits per heavy atom. The van der Waals surface area contributed by atoms with Crippen LogP contribution in [-0.2, 0) is 0 Å². The molecule has 0 saturated carbocycles. The molecule has 3 rings (SSSR count). The van der Waals surface area contributed by atoms with Crippen molar-refractivity contribution in [3.8, 4) is 0 Å². The Balaban J connectivity index is 1.76. The van der Waals surface area contributed by atoms with E-state index in [0.717, 1.165) is 62.7 Å². The van der Waals surface area contributed by atoms with Crippen LogP contribution in [0.25, 0.3) is 0 Å². The van der Waals surface area contributed by atoms with Gasteiger partial charge in [-0.15, -0.1) is 0 Å². The number of anilines is 2. The normalized spacial score (nSPS) is 19.6. The molecule has 2 fully saturated rings. The molecular weight excluding hydrogens is 430 g/mol. The summed E-state index contributed by atoms with van der Waals surface area (Å²) >= 11 is 3.44. The van der Waals surface area contributed by atoms with Crippen molar-refractivity contribution in [3.05, 3.63) is 26.7 Å². The second-order valence-electron chi connectivity index (χ2n) is 7.45. The zero-order valence-electron chi connectivity index (χ0n) is 16.2. The fourth-order valence-corrected chi connectivity index (χ4v) is 4.54. The maximum atomic E-state index is 11.4. The van der Waals surface area contributed by atoms with Crippen LogP contribution >= 0.6 is 15.9 Å². The molecular formula is C18H26BrN5O4. The molecule has 0 atom stereocenters. The molecule has 28 heavy (non-hydrogen) atoms. The second kappa shape index (κ2) is 8.62. The molecule has 1 amide bonds. The molecule has 154 valence electrons. The van der Waals surface area contributed by atoms with Gasteiger partial charge in [0.15, 0.2) is 0 Å². The van der Waals surface area contributed by atoms with Gasteiger partial charge in [-0.05, 0) is 41.9 Å². The minimum atomic E-state index is -1.23. The van der Waals surface area contributed by atoms with E-state index < -0.39 is 11.0 Å². The number of nitro groups is 1. The number of piperazine rings is 1. The lowest BCUT2D eigenvalue weighted by Gasteiger charge is -2.42. The van der Waals surface area contributed by atoms with E-state index in [2.05, 4.69) is 37.7 Å². The maximum Gasteiger partial charge on any atom is 0.411 e. The highest BCUT2D eigenvalue weighted by Gasteiger charge is 2.29. The van der Waals surface area contributed by atoms with Crippen LogP contribution in [0.5, 0.6) is 0 Å². The molecule has 1 aromatic carbocycles. The summed E-state index contributed by atoms with van der Waals surface area (Å²) in [6.07, 6.45) is 0.819. The number of rotatable bonds is 4. The van der Waals surface area contributed by atoms with Crippen LogP contribution in [0.2, 0.25) is 0 Å². The van der Waals surface area contributed by atoms with Crippen LogP contribution in [0.4, 0.5) is 21.9 Å². The summed E-state index contributed by atoms with van der Waals surface area (Å²) in [6.45, 7) is 6.05. The summed E-state index contributed by atoms with van der Waals surface area (Å²) in [5.74, 6) is 0. The van der Waals surface area contributed by atoms with Crippen LogP contribution in [0.3, 0.4) is 0 Å². The molecule has 0 radical (unpaired) electrons. The topological polar surface area (TPSA) is 93.4 Å². The third-order valence-corrected chi connectivity index (χ3v) is 6.38. The summed E-state index contributed by atoms with van der Waals surface area (Å²) in [5.41, 5.74) is 0.648. The molecule has 2 aliphatic heterocycles. The van der Waals surface area contributed by atoms with Gasteiger partial charge in [-0.1, -0.05) is 0 Å². The van der Waals surface area contributed by atoms with Gasteiger partial charge in [0.05, 0.1) is 10.6 Å². The average Bonchev–Trinajstić information content (AvgIpc) is 2.68. The molecule has 10 heteroatoms. The Hall–Kier alpha value is -1.91. The number of benzene rings is 1. The Bertz CT molecular complexity index is 746. The van der Waals surface area contributed by atoms with Gasteiger partial charge >= 0.3 is 6.09 Å². The van der Waals surface area contributed by atoms with Gasteiger partial charge < -0.3 is 14.9 Å². The smallest absolute Gasteiger partial charge is 0.411 e. The third kappa shape index (κ3) is 4.39. The van der Waals surface area contributed by atoms with Crippen molar-refractivity contribution in [1.29, 1.82) is 0 Å². The summed E-state index contributed by atoms with van der Waals surface area (Å²) in [7, 11) is 3.47. The van der Waals surface area contributed by atoms with Crippen molar-refractivity contribution in [2.24, 2.45) is 0 Å². The number of piperidine rings is 1. The summed E-state index contributed by atoms with van der Waals surface area (Å²) < 4.78 is 0.611. The van der Waals surface area contributed by atoms with E-state index in [-0.39, 0.29) is 11.4 Å². The fraction of sp³-hybridized carbons (Fsp3) is 0.611. The first-order valence-corrected chi connectivity index (χ1v) is 10.2. The molecule has 0 spiro atoms. The van der Waals surface area contributed by atoms with Crippen LogP contribution < -0.4 is 9.80 Å². The highest BCUT2D eigenvalue weighted by Crippen LogP contribution is 2.39. The summed E-state index contributed by atoms with van der Waals surface area (Å²) in [6, 6.07) is 3.56. The molecule has 0 aliphatic carbocycles. The zero-order chi connectivity index (χ0) is 20.4. The predicted octanol–water partition coefficient (Wildman–Crippen LogP) is 2.69. The van der Waals surface area contributed by atoms with E-state index in [0.29, 0.717) is 10.5 Å². The van der Waals surface area contributed by atoms with E-state index in [4.69, 9.17) is 0 Å². The maximum absolute atomic E-state index is 11.4. The van der Waals surface area contributed by atoms with E-state index >= 15 is 0 Å². The number of likely N-dealkylation sites (N-methyl/N-ethyl adjacent to an activating group) is 1. The number of amides is 1. The number of carbonyl (C=O) groups is 1. The number of hydrogen-bond acceptors (Lipinski definition) is 6. The van der Waals surface area contributed by atoms with Gasteiger partial charge in [0.1, 0.15) is 5.69 Å². The van der Waals surface area contributed by atoms with Crippen molar-refractivity contribution in [3.63, 3.8) is 0 Å². The van der Waals surface area contributed by atoms with Gasteiger partial charge in [0.25, 0.3) is 5.69 Å². The van der Waals surface area contributed by atoms with E-state index in [1.165, 1.54) is 13.1 Å². The predicted molar refractivity (Wildman–Crippen MR) is 112 cm³/mol. The monoisotopic (exact) mass is 455 g/mol. The van der Waals surface area contributed by atoms with Crippen LogP contribution in [0.1, 0.15) is 12.8 Å². The summed E-state index contributed by atoms with van der Waals surface area (Å²) in [5, 5.41) is 20.7. The Labute approximate surface area is 172 Å². The highest BCUT2D eigenvalue weighted by atomic mass is 79.9. The van der Waals surface area contributed by atoms with E-state index in [1.807, 2.05) is 0 Å². The van der Waals surface area contributed by atoms with E-state index in [1.54, 1.807) is 6.07 Å². The number of hydrogen-bond donors (Lipinski definition) is 1. The molecule has 2 aliphatic rings. The lowest BCUT2D eigenvalue weighted by Crippen LogP contribution is -2.52. The van der Waals surface area contributed by atoms with Crippen molar-refractivity contribution in [1.82, 2.24) is 9.80 Å². The molecule has 9 nitrogen and oxygen atoms in total. The number of nitro benzene ring substituents is 1. The molecule has 0 aromatic heterocycles. The van der Waals surface area contributed by atoms with Gasteiger partial charge in [-0.25, -0.2) is 4.79 Å². The minimum absolute atomic E-state index is 0.0805. The zero-order valence-corrected chi connectivity index (χ0v) is 17.8. The van der Waals surface area contributed by atoms with Crippen molar-refractivity contribution in [2.75, 3.05) is 63.2 Å². The highest BCUT2D eigenvalue weighted by molar-refractivity contribution is 9.10. The van der Waals surface area contributed by atoms with Gasteiger partial charge in [-0.2, -0.15) is 0 Å². The van der Waals surface area contributed by atoms with Crippen molar-refractivity contribution >= 4 is 39.1 Å². The largest absolute Gasteiger partial charge is 0.465 e. The van der Waals surface area contributed by atoms with Gasteiger partial charge in [-0.3, -0.25) is 19.9 Å². The fourth-order valence-electron chi connectivity index (χ4n) is 3.96. The van der Waals surface area contributed by atoms with Crippen LogP contribution in [0, 0.1) is 10.1 Å². The molecule has 1 N–H and O–H groups in total. The van der Waals surface area contributed by atoms with Crippen molar-refractivity contribution in [2.45, 2.75) is 18.9 Å². The lowest BCUT2D eigenvalue weighted by atomic mass is 10.0. The summed E-state index contributed by atoms with van der Waals surface area (Å²) in [4.78, 5) is 30.2. The number of carboxylic acid groups (broad SMARTS) is 1. The molecule has 1 aromatic rings. The first-order valence-electron chi connectivity index (χ1n) is 9.40. The number of halogens is 1. The Kier molecular flexibility index (Phi) is 6.41.